The highest BCUT2D eigenvalue weighted by atomic mass is 16.5. The van der Waals surface area contributed by atoms with Gasteiger partial charge in [0.25, 0.3) is 0 Å². The third kappa shape index (κ3) is 3.96. The van der Waals surface area contributed by atoms with Crippen LogP contribution in [0.4, 0.5) is 0 Å². The topological polar surface area (TPSA) is 64.3 Å². The molecule has 17 heavy (non-hydrogen) atoms. The minimum Gasteiger partial charge on any atom is -0.368 e. The van der Waals surface area contributed by atoms with Crippen molar-refractivity contribution in [2.45, 2.75) is 52.7 Å². The van der Waals surface area contributed by atoms with Crippen LogP contribution in [0.25, 0.3) is 0 Å². The van der Waals surface area contributed by atoms with Crippen molar-refractivity contribution in [3.05, 3.63) is 0 Å². The summed E-state index contributed by atoms with van der Waals surface area (Å²) in [6.45, 7) is 9.69. The van der Waals surface area contributed by atoms with Crippen molar-refractivity contribution in [2.75, 3.05) is 13.2 Å². The maximum absolute atomic E-state index is 12.1. The van der Waals surface area contributed by atoms with Crippen molar-refractivity contribution in [2.24, 2.45) is 17.1 Å². The van der Waals surface area contributed by atoms with Crippen LogP contribution in [0, 0.1) is 11.3 Å². The summed E-state index contributed by atoms with van der Waals surface area (Å²) in [5, 5.41) is 3.09. The first-order valence-corrected chi connectivity index (χ1v) is 6.48. The Balaban J connectivity index is 2.57. The van der Waals surface area contributed by atoms with E-state index in [1.165, 1.54) is 0 Å². The third-order valence-electron chi connectivity index (χ3n) is 3.46. The summed E-state index contributed by atoms with van der Waals surface area (Å²) in [4.78, 5) is 12.1. The van der Waals surface area contributed by atoms with Gasteiger partial charge in [-0.3, -0.25) is 4.79 Å². The number of carbonyl (C=O) groups is 1. The number of carbonyl (C=O) groups excluding carboxylic acids is 1. The van der Waals surface area contributed by atoms with Crippen LogP contribution >= 0.6 is 0 Å². The van der Waals surface area contributed by atoms with Gasteiger partial charge in [0.05, 0.1) is 0 Å². The lowest BCUT2D eigenvalue weighted by molar-refractivity contribution is -0.133. The molecule has 1 amide bonds. The molecule has 1 aliphatic rings. The normalized spacial score (nSPS) is 26.9. The Morgan fingerprint density at radius 2 is 2.18 bits per heavy atom. The number of nitrogens with two attached hydrogens (primary N) is 1. The Morgan fingerprint density at radius 3 is 2.59 bits per heavy atom. The number of nitrogens with one attached hydrogen (secondary N) is 1. The predicted octanol–water partition coefficient (Wildman–Crippen LogP) is 1.29. The summed E-state index contributed by atoms with van der Waals surface area (Å²) < 4.78 is 5.48. The van der Waals surface area contributed by atoms with Gasteiger partial charge in [-0.2, -0.15) is 0 Å². The molecule has 0 aromatic carbocycles. The highest BCUT2D eigenvalue weighted by molar-refractivity contribution is 5.81. The van der Waals surface area contributed by atoms with Crippen molar-refractivity contribution < 1.29 is 9.53 Å². The molecule has 1 saturated heterocycles. The van der Waals surface area contributed by atoms with Crippen molar-refractivity contribution in [3.8, 4) is 0 Å². The van der Waals surface area contributed by atoms with Gasteiger partial charge in [-0.05, 0) is 30.7 Å². The first kappa shape index (κ1) is 14.5. The van der Waals surface area contributed by atoms with E-state index in [9.17, 15) is 4.79 Å². The second-order valence-corrected chi connectivity index (χ2v) is 6.06. The molecule has 1 fully saturated rings. The molecule has 0 radical (unpaired) electrons. The highest BCUT2D eigenvalue weighted by Gasteiger charge is 2.34. The molecule has 4 nitrogen and oxygen atoms in total. The highest BCUT2D eigenvalue weighted by Crippen LogP contribution is 2.24. The van der Waals surface area contributed by atoms with Crippen molar-refractivity contribution >= 4 is 5.91 Å². The second-order valence-electron chi connectivity index (χ2n) is 6.06. The SMILES string of the molecule is CC1CCOC1C(=O)NC(CCN)C(C)(C)C. The van der Waals surface area contributed by atoms with Gasteiger partial charge in [-0.1, -0.05) is 27.7 Å². The zero-order valence-electron chi connectivity index (χ0n) is 11.5. The molecular weight excluding hydrogens is 216 g/mol. The monoisotopic (exact) mass is 242 g/mol. The molecule has 0 spiro atoms. The summed E-state index contributed by atoms with van der Waals surface area (Å²) >= 11 is 0. The molecule has 3 N–H and O–H groups in total. The molecule has 1 heterocycles. The molecule has 100 valence electrons. The Hall–Kier alpha value is -0.610. The van der Waals surface area contributed by atoms with Crippen molar-refractivity contribution in [1.29, 1.82) is 0 Å². The van der Waals surface area contributed by atoms with E-state index in [4.69, 9.17) is 10.5 Å². The summed E-state index contributed by atoms with van der Waals surface area (Å²) in [5.74, 6) is 0.330. The number of hydrogen-bond donors (Lipinski definition) is 2. The Kier molecular flexibility index (Phi) is 4.95. The molecule has 3 atom stereocenters. The fourth-order valence-electron chi connectivity index (χ4n) is 2.17. The first-order valence-electron chi connectivity index (χ1n) is 6.48. The Morgan fingerprint density at radius 1 is 1.53 bits per heavy atom. The summed E-state index contributed by atoms with van der Waals surface area (Å²) in [7, 11) is 0. The van der Waals surface area contributed by atoms with Crippen LogP contribution in [0.3, 0.4) is 0 Å². The largest absolute Gasteiger partial charge is 0.368 e. The molecule has 0 bridgehead atoms. The second kappa shape index (κ2) is 5.83. The molecule has 3 unspecified atom stereocenters. The fraction of sp³-hybridized carbons (Fsp3) is 0.923. The number of ether oxygens (including phenoxy) is 1. The molecule has 0 aliphatic carbocycles. The van der Waals surface area contributed by atoms with E-state index in [0.29, 0.717) is 19.1 Å². The van der Waals surface area contributed by atoms with E-state index in [1.54, 1.807) is 0 Å². The van der Waals surface area contributed by atoms with Crippen LogP contribution in [0.1, 0.15) is 40.5 Å². The van der Waals surface area contributed by atoms with Gasteiger partial charge < -0.3 is 15.8 Å². The number of hydrogen-bond acceptors (Lipinski definition) is 3. The minimum atomic E-state index is -0.280. The summed E-state index contributed by atoms with van der Waals surface area (Å²) in [5.41, 5.74) is 5.62. The molecule has 4 heteroatoms. The van der Waals surface area contributed by atoms with Crippen LogP contribution in [-0.4, -0.2) is 31.2 Å². The van der Waals surface area contributed by atoms with Gasteiger partial charge in [0.15, 0.2) is 0 Å². The maximum atomic E-state index is 12.1. The standard InChI is InChI=1S/C13H26N2O2/c1-9-6-8-17-11(9)12(16)15-10(5-7-14)13(2,3)4/h9-11H,5-8,14H2,1-4H3,(H,15,16). The lowest BCUT2D eigenvalue weighted by atomic mass is 9.84. The minimum absolute atomic E-state index is 0.0170. The van der Waals surface area contributed by atoms with Crippen LogP contribution in [0.5, 0.6) is 0 Å². The zero-order chi connectivity index (χ0) is 13.1. The van der Waals surface area contributed by atoms with Gasteiger partial charge in [-0.25, -0.2) is 0 Å². The zero-order valence-corrected chi connectivity index (χ0v) is 11.5. The Bertz CT molecular complexity index is 261. The number of amides is 1. The van der Waals surface area contributed by atoms with E-state index < -0.39 is 0 Å². The van der Waals surface area contributed by atoms with E-state index in [1.807, 2.05) is 0 Å². The summed E-state index contributed by atoms with van der Waals surface area (Å²) in [6, 6.07) is 0.108. The average Bonchev–Trinajstić information content (AvgIpc) is 2.62. The van der Waals surface area contributed by atoms with Crippen molar-refractivity contribution in [3.63, 3.8) is 0 Å². The third-order valence-corrected chi connectivity index (χ3v) is 3.46. The molecular formula is C13H26N2O2. The Labute approximate surface area is 104 Å². The van der Waals surface area contributed by atoms with Crippen molar-refractivity contribution in [1.82, 2.24) is 5.32 Å². The van der Waals surface area contributed by atoms with E-state index in [2.05, 4.69) is 33.0 Å². The van der Waals surface area contributed by atoms with Gasteiger partial charge in [-0.15, -0.1) is 0 Å². The fourth-order valence-corrected chi connectivity index (χ4v) is 2.17. The quantitative estimate of drug-likeness (QED) is 0.781. The molecule has 1 rings (SSSR count). The van der Waals surface area contributed by atoms with E-state index in [0.717, 1.165) is 12.8 Å². The first-order chi connectivity index (χ1) is 7.86. The molecule has 0 saturated carbocycles. The molecule has 0 aromatic heterocycles. The lowest BCUT2D eigenvalue weighted by Crippen LogP contribution is -2.49. The van der Waals surface area contributed by atoms with Gasteiger partial charge in [0.2, 0.25) is 5.91 Å². The smallest absolute Gasteiger partial charge is 0.249 e. The summed E-state index contributed by atoms with van der Waals surface area (Å²) in [6.07, 6.45) is 1.49. The van der Waals surface area contributed by atoms with Crippen LogP contribution in [-0.2, 0) is 9.53 Å². The molecule has 1 aliphatic heterocycles. The van der Waals surface area contributed by atoms with Gasteiger partial charge in [0, 0.05) is 12.6 Å². The van der Waals surface area contributed by atoms with Gasteiger partial charge >= 0.3 is 0 Å². The average molecular weight is 242 g/mol. The maximum Gasteiger partial charge on any atom is 0.249 e. The van der Waals surface area contributed by atoms with Crippen LogP contribution in [0.15, 0.2) is 0 Å². The lowest BCUT2D eigenvalue weighted by Gasteiger charge is -2.32. The number of rotatable bonds is 4. The van der Waals surface area contributed by atoms with E-state index >= 15 is 0 Å². The van der Waals surface area contributed by atoms with E-state index in [-0.39, 0.29) is 23.5 Å². The predicted molar refractivity (Wildman–Crippen MR) is 68.6 cm³/mol. The van der Waals surface area contributed by atoms with Gasteiger partial charge in [0.1, 0.15) is 6.10 Å². The molecule has 0 aromatic rings. The van der Waals surface area contributed by atoms with Crippen LogP contribution < -0.4 is 11.1 Å². The van der Waals surface area contributed by atoms with Crippen LogP contribution in [0.2, 0.25) is 0 Å².